The molecule has 0 atom stereocenters. The van der Waals surface area contributed by atoms with Gasteiger partial charge in [0.15, 0.2) is 0 Å². The van der Waals surface area contributed by atoms with Crippen LogP contribution in [0.15, 0.2) is 24.3 Å². The van der Waals surface area contributed by atoms with E-state index in [1.165, 1.54) is 31.5 Å². The number of rotatable bonds is 2. The molecular weight excluding hydrogens is 288 g/mol. The zero-order valence-electron chi connectivity index (χ0n) is 14.2. The zero-order chi connectivity index (χ0) is 16.1. The third-order valence-corrected chi connectivity index (χ3v) is 4.55. The summed E-state index contributed by atoms with van der Waals surface area (Å²) in [6, 6.07) is 8.04. The van der Waals surface area contributed by atoms with Gasteiger partial charge < -0.3 is 9.64 Å². The molecule has 0 radical (unpaired) electrons. The molecule has 2 saturated heterocycles. The molecule has 0 unspecified atom stereocenters. The Morgan fingerprint density at radius 1 is 1.13 bits per heavy atom. The number of ether oxygens (including phenoxy) is 1. The van der Waals surface area contributed by atoms with E-state index in [9.17, 15) is 0 Å². The number of nitrogens with zero attached hydrogens (tertiary/aromatic N) is 3. The Morgan fingerprint density at radius 2 is 1.96 bits per heavy atom. The number of nitrogens with one attached hydrogen (secondary N) is 1. The number of benzene rings is 1. The Morgan fingerprint density at radius 3 is 2.65 bits per heavy atom. The van der Waals surface area contributed by atoms with Crippen molar-refractivity contribution < 1.29 is 4.74 Å². The molecule has 2 aliphatic rings. The van der Waals surface area contributed by atoms with Gasteiger partial charge in [-0.2, -0.15) is 0 Å². The van der Waals surface area contributed by atoms with Crippen LogP contribution >= 0.6 is 0 Å². The predicted molar refractivity (Wildman–Crippen MR) is 96.1 cm³/mol. The number of likely N-dealkylation sites (tertiary alicyclic amines) is 2. The fourth-order valence-electron chi connectivity index (χ4n) is 3.17. The van der Waals surface area contributed by atoms with Gasteiger partial charge in [-0.1, -0.05) is 6.07 Å². The molecule has 3 rings (SSSR count). The molecule has 2 heterocycles. The Bertz CT molecular complexity index is 601. The quantitative estimate of drug-likeness (QED) is 0.516. The number of methoxy groups -OCH3 is 1. The van der Waals surface area contributed by atoms with Crippen molar-refractivity contribution in [3.63, 3.8) is 0 Å². The number of guanidine groups is 1. The molecule has 0 aromatic heterocycles. The van der Waals surface area contributed by atoms with Crippen molar-refractivity contribution in [2.45, 2.75) is 32.1 Å². The standard InChI is InChI=1S/C18H26N4O/c1-21-11-7-10-17(21)20-18(22-12-4-3-5-13-22)19-15-8-6-9-16(14-15)23-2/h6,8-9,14H,3-5,7,10-13H2,1-2H3/p+1. The fraction of sp³-hybridized carbons (Fsp3) is 0.556. The van der Waals surface area contributed by atoms with Crippen LogP contribution in [-0.4, -0.2) is 55.4 Å². The van der Waals surface area contributed by atoms with Gasteiger partial charge in [0.25, 0.3) is 5.84 Å². The second-order valence-corrected chi connectivity index (χ2v) is 6.28. The van der Waals surface area contributed by atoms with Crippen LogP contribution in [0, 0.1) is 0 Å². The number of hydrogen-bond donors (Lipinski definition) is 1. The number of hydrogen-bond acceptors (Lipinski definition) is 1. The Balaban J connectivity index is 1.89. The normalized spacial score (nSPS) is 17.9. The van der Waals surface area contributed by atoms with Gasteiger partial charge in [-0.15, -0.1) is 0 Å². The van der Waals surface area contributed by atoms with Crippen molar-refractivity contribution in [3.05, 3.63) is 24.3 Å². The van der Waals surface area contributed by atoms with Crippen LogP contribution < -0.4 is 14.7 Å². The van der Waals surface area contributed by atoms with E-state index in [0.29, 0.717) is 0 Å². The molecule has 1 aromatic rings. The maximum atomic E-state index is 5.33. The minimum atomic E-state index is 0.860. The van der Waals surface area contributed by atoms with Crippen LogP contribution in [0.4, 0.5) is 5.69 Å². The average molecular weight is 315 g/mol. The minimum Gasteiger partial charge on any atom is -0.497 e. The lowest BCUT2D eigenvalue weighted by Gasteiger charge is -2.23. The van der Waals surface area contributed by atoms with Crippen molar-refractivity contribution in [3.8, 4) is 5.75 Å². The van der Waals surface area contributed by atoms with E-state index in [0.717, 1.165) is 43.5 Å². The van der Waals surface area contributed by atoms with Crippen LogP contribution in [0.25, 0.3) is 0 Å². The van der Waals surface area contributed by atoms with Crippen LogP contribution in [-0.2, 0) is 0 Å². The van der Waals surface area contributed by atoms with E-state index < -0.39 is 0 Å². The van der Waals surface area contributed by atoms with Crippen LogP contribution in [0.3, 0.4) is 0 Å². The molecular formula is C18H27N4O+. The summed E-state index contributed by atoms with van der Waals surface area (Å²) in [6.07, 6.45) is 6.06. The van der Waals surface area contributed by atoms with Crippen LogP contribution in [0.5, 0.6) is 5.75 Å². The lowest BCUT2D eigenvalue weighted by atomic mass is 10.1. The van der Waals surface area contributed by atoms with Gasteiger partial charge in [-0.3, -0.25) is 10.2 Å². The molecule has 2 aliphatic heterocycles. The molecule has 2 fully saturated rings. The highest BCUT2D eigenvalue weighted by molar-refractivity contribution is 5.97. The summed E-state index contributed by atoms with van der Waals surface area (Å²) in [6.45, 7) is 3.25. The Kier molecular flexibility index (Phi) is 5.09. The molecule has 5 nitrogen and oxygen atoms in total. The van der Waals surface area contributed by atoms with Gasteiger partial charge in [-0.05, 0) is 37.8 Å². The predicted octanol–water partition coefficient (Wildman–Crippen LogP) is 2.14. The average Bonchev–Trinajstić information content (AvgIpc) is 3.00. The highest BCUT2D eigenvalue weighted by Gasteiger charge is 2.25. The number of anilines is 1. The lowest BCUT2D eigenvalue weighted by molar-refractivity contribution is 0.341. The second kappa shape index (κ2) is 7.42. The Hall–Kier alpha value is -2.13. The van der Waals surface area contributed by atoms with Crippen LogP contribution in [0.1, 0.15) is 32.1 Å². The van der Waals surface area contributed by atoms with E-state index in [4.69, 9.17) is 9.40 Å². The molecule has 23 heavy (non-hydrogen) atoms. The summed E-state index contributed by atoms with van der Waals surface area (Å²) in [7, 11) is 3.83. The summed E-state index contributed by atoms with van der Waals surface area (Å²) in [5.74, 6) is 3.02. The summed E-state index contributed by atoms with van der Waals surface area (Å²) in [4.78, 5) is 4.64. The molecule has 0 bridgehead atoms. The first-order chi connectivity index (χ1) is 11.3. The van der Waals surface area contributed by atoms with Crippen molar-refractivity contribution in [2.24, 2.45) is 0 Å². The largest absolute Gasteiger partial charge is 0.497 e. The van der Waals surface area contributed by atoms with Crippen molar-refractivity contribution in [2.75, 3.05) is 39.1 Å². The molecule has 1 N–H and O–H groups in total. The van der Waals surface area contributed by atoms with E-state index in [1.807, 2.05) is 18.2 Å². The molecule has 1 aromatic carbocycles. The molecule has 124 valence electrons. The maximum Gasteiger partial charge on any atom is 0.401 e. The zero-order valence-corrected chi connectivity index (χ0v) is 14.2. The van der Waals surface area contributed by atoms with Gasteiger partial charge >= 0.3 is 5.96 Å². The molecule has 0 spiro atoms. The van der Waals surface area contributed by atoms with Crippen molar-refractivity contribution in [1.29, 1.82) is 0 Å². The number of amidine groups is 1. The minimum absolute atomic E-state index is 0.860. The summed E-state index contributed by atoms with van der Waals surface area (Å²) in [5, 5.41) is 3.52. The molecule has 5 heteroatoms. The smallest absolute Gasteiger partial charge is 0.401 e. The molecule has 0 aliphatic carbocycles. The highest BCUT2D eigenvalue weighted by Crippen LogP contribution is 2.18. The first-order valence-electron chi connectivity index (χ1n) is 8.58. The van der Waals surface area contributed by atoms with E-state index in [2.05, 4.69) is 28.2 Å². The van der Waals surface area contributed by atoms with Gasteiger partial charge in [0.1, 0.15) is 5.75 Å². The third kappa shape index (κ3) is 3.99. The Labute approximate surface area is 138 Å². The summed E-state index contributed by atoms with van der Waals surface area (Å²) < 4.78 is 10.3. The SMILES string of the molecule is COc1cccc(NC(=[N+]=C2CCCN2C)N2CCCCC2)c1. The lowest BCUT2D eigenvalue weighted by Crippen LogP contribution is -2.42. The maximum absolute atomic E-state index is 5.33. The summed E-state index contributed by atoms with van der Waals surface area (Å²) >= 11 is 0. The molecule has 0 saturated carbocycles. The first kappa shape index (κ1) is 15.8. The van der Waals surface area contributed by atoms with Gasteiger partial charge in [0.2, 0.25) is 0 Å². The summed E-state index contributed by atoms with van der Waals surface area (Å²) in [5.41, 5.74) is 1.02. The van der Waals surface area contributed by atoms with Gasteiger partial charge in [-0.25, -0.2) is 4.67 Å². The van der Waals surface area contributed by atoms with E-state index in [-0.39, 0.29) is 0 Å². The van der Waals surface area contributed by atoms with Gasteiger partial charge in [0.05, 0.1) is 32.4 Å². The van der Waals surface area contributed by atoms with E-state index >= 15 is 0 Å². The first-order valence-corrected chi connectivity index (χ1v) is 8.58. The monoisotopic (exact) mass is 315 g/mol. The highest BCUT2D eigenvalue weighted by atomic mass is 16.5. The fourth-order valence-corrected chi connectivity index (χ4v) is 3.17. The topological polar surface area (TPSA) is 41.8 Å². The van der Waals surface area contributed by atoms with Crippen molar-refractivity contribution >= 4 is 17.5 Å². The van der Waals surface area contributed by atoms with Gasteiger partial charge in [0, 0.05) is 19.5 Å². The second-order valence-electron chi connectivity index (χ2n) is 6.28. The van der Waals surface area contributed by atoms with E-state index in [1.54, 1.807) is 7.11 Å². The number of piperidine rings is 1. The van der Waals surface area contributed by atoms with Crippen molar-refractivity contribution in [1.82, 2.24) is 14.5 Å². The molecule has 0 amide bonds. The third-order valence-electron chi connectivity index (χ3n) is 4.55. The van der Waals surface area contributed by atoms with Crippen LogP contribution in [0.2, 0.25) is 0 Å².